The fourth-order valence-electron chi connectivity index (χ4n) is 2.82. The van der Waals surface area contributed by atoms with Gasteiger partial charge < -0.3 is 14.4 Å². The van der Waals surface area contributed by atoms with E-state index in [0.29, 0.717) is 22.2 Å². The van der Waals surface area contributed by atoms with Gasteiger partial charge in [0.1, 0.15) is 0 Å². The number of rotatable bonds is 4. The van der Waals surface area contributed by atoms with E-state index in [9.17, 15) is 9.90 Å². The lowest BCUT2D eigenvalue weighted by Gasteiger charge is -2.32. The summed E-state index contributed by atoms with van der Waals surface area (Å²) in [5.41, 5.74) is 1.48. The van der Waals surface area contributed by atoms with E-state index in [2.05, 4.69) is 0 Å². The average Bonchev–Trinajstić information content (AvgIpc) is 2.82. The monoisotopic (exact) mass is 338 g/mol. The first-order chi connectivity index (χ1) is 11.7. The molecule has 0 amide bonds. The molecule has 0 aliphatic carbocycles. The zero-order chi connectivity index (χ0) is 18.2. The molecule has 25 heavy (non-hydrogen) atoms. The van der Waals surface area contributed by atoms with Crippen LogP contribution in [0.25, 0.3) is 0 Å². The van der Waals surface area contributed by atoms with Crippen molar-refractivity contribution >= 4 is 18.4 Å². The highest BCUT2D eigenvalue weighted by Gasteiger charge is 2.52. The predicted octanol–water partition coefficient (Wildman–Crippen LogP) is 2.71. The van der Waals surface area contributed by atoms with Crippen LogP contribution in [0.1, 0.15) is 49.2 Å². The summed E-state index contributed by atoms with van der Waals surface area (Å²) in [6, 6.07) is 14.4. The topological polar surface area (TPSA) is 55.8 Å². The summed E-state index contributed by atoms with van der Waals surface area (Å²) in [6.07, 6.45) is 0. The Morgan fingerprint density at radius 1 is 1.00 bits per heavy atom. The minimum Gasteiger partial charge on any atom is -0.399 e. The maximum Gasteiger partial charge on any atom is 0.495 e. The van der Waals surface area contributed by atoms with E-state index in [1.807, 2.05) is 52.0 Å². The molecule has 2 aromatic rings. The Hall–Kier alpha value is -1.95. The van der Waals surface area contributed by atoms with Gasteiger partial charge in [-0.25, -0.2) is 0 Å². The fraction of sp³-hybridized carbons (Fsp3) is 0.350. The maximum absolute atomic E-state index is 13.0. The van der Waals surface area contributed by atoms with Crippen molar-refractivity contribution in [3.8, 4) is 0 Å². The quantitative estimate of drug-likeness (QED) is 0.688. The Kier molecular flexibility index (Phi) is 4.58. The van der Waals surface area contributed by atoms with Crippen LogP contribution in [0.3, 0.4) is 0 Å². The Labute approximate surface area is 148 Å². The Morgan fingerprint density at radius 3 is 2.16 bits per heavy atom. The van der Waals surface area contributed by atoms with Gasteiger partial charge in [0.25, 0.3) is 0 Å². The van der Waals surface area contributed by atoms with Crippen molar-refractivity contribution < 1.29 is 19.2 Å². The molecule has 1 fully saturated rings. The molecule has 1 saturated heterocycles. The van der Waals surface area contributed by atoms with Crippen LogP contribution in [0.4, 0.5) is 0 Å². The zero-order valence-electron chi connectivity index (χ0n) is 15.1. The van der Waals surface area contributed by atoms with Crippen LogP contribution in [0.5, 0.6) is 0 Å². The second-order valence-corrected chi connectivity index (χ2v) is 7.36. The molecule has 130 valence electrons. The summed E-state index contributed by atoms with van der Waals surface area (Å²) in [5, 5.41) is 9.46. The molecule has 1 heterocycles. The highest BCUT2D eigenvalue weighted by Crippen LogP contribution is 2.36. The second kappa shape index (κ2) is 6.41. The summed E-state index contributed by atoms with van der Waals surface area (Å²) in [5.74, 6) is -0.111. The maximum atomic E-state index is 13.0. The van der Waals surface area contributed by atoms with Crippen LogP contribution >= 0.6 is 0 Å². The highest BCUT2D eigenvalue weighted by molar-refractivity contribution is 6.64. The van der Waals surface area contributed by atoms with Crippen molar-refractivity contribution in [3.63, 3.8) is 0 Å². The predicted molar refractivity (Wildman–Crippen MR) is 98.0 cm³/mol. The van der Waals surface area contributed by atoms with Crippen LogP contribution in [-0.4, -0.2) is 29.2 Å². The van der Waals surface area contributed by atoms with Gasteiger partial charge >= 0.3 is 7.12 Å². The van der Waals surface area contributed by atoms with Crippen molar-refractivity contribution in [2.45, 2.75) is 45.5 Å². The molecular formula is C20H23BO4. The van der Waals surface area contributed by atoms with E-state index >= 15 is 0 Å². The van der Waals surface area contributed by atoms with Crippen LogP contribution in [-0.2, 0) is 15.9 Å². The molecule has 0 unspecified atom stereocenters. The SMILES string of the molecule is CC1(C)OB(c2ccc(CO)cc2C(=O)c2ccccc2)OC1(C)C. The molecular weight excluding hydrogens is 315 g/mol. The van der Waals surface area contributed by atoms with Crippen molar-refractivity contribution in [2.24, 2.45) is 0 Å². The molecule has 0 aromatic heterocycles. The van der Waals surface area contributed by atoms with E-state index in [4.69, 9.17) is 9.31 Å². The Bertz CT molecular complexity index is 768. The van der Waals surface area contributed by atoms with Gasteiger partial charge in [-0.1, -0.05) is 42.5 Å². The third-order valence-corrected chi connectivity index (χ3v) is 5.09. The highest BCUT2D eigenvalue weighted by atomic mass is 16.7. The summed E-state index contributed by atoms with van der Waals surface area (Å²) >= 11 is 0. The van der Waals surface area contributed by atoms with Crippen LogP contribution in [0.15, 0.2) is 48.5 Å². The molecule has 2 aromatic carbocycles. The smallest absolute Gasteiger partial charge is 0.399 e. The number of benzene rings is 2. The number of aliphatic hydroxyl groups is 1. The molecule has 1 aliphatic rings. The standard InChI is InChI=1S/C20H23BO4/c1-19(2)20(3,4)25-21(24-19)17-11-10-14(13-22)12-16(17)18(23)15-8-6-5-7-9-15/h5-12,22H,13H2,1-4H3. The molecule has 0 bridgehead atoms. The summed E-state index contributed by atoms with van der Waals surface area (Å²) < 4.78 is 12.2. The normalized spacial score (nSPS) is 18.4. The van der Waals surface area contributed by atoms with Crippen molar-refractivity contribution in [3.05, 3.63) is 65.2 Å². The third-order valence-electron chi connectivity index (χ3n) is 5.09. The van der Waals surface area contributed by atoms with Crippen molar-refractivity contribution in [2.75, 3.05) is 0 Å². The van der Waals surface area contributed by atoms with Gasteiger partial charge in [0, 0.05) is 11.1 Å². The first-order valence-corrected chi connectivity index (χ1v) is 8.44. The molecule has 5 heteroatoms. The van der Waals surface area contributed by atoms with E-state index in [-0.39, 0.29) is 12.4 Å². The first kappa shape index (κ1) is 17.9. The number of carbonyl (C=O) groups is 1. The van der Waals surface area contributed by atoms with Crippen LogP contribution in [0, 0.1) is 0 Å². The van der Waals surface area contributed by atoms with Crippen molar-refractivity contribution in [1.29, 1.82) is 0 Å². The molecule has 4 nitrogen and oxygen atoms in total. The lowest BCUT2D eigenvalue weighted by molar-refractivity contribution is 0.00578. The summed E-state index contributed by atoms with van der Waals surface area (Å²) in [4.78, 5) is 13.0. The number of aliphatic hydroxyl groups excluding tert-OH is 1. The van der Waals surface area contributed by atoms with Gasteiger partial charge in [0.2, 0.25) is 0 Å². The van der Waals surface area contributed by atoms with Gasteiger partial charge in [0.05, 0.1) is 17.8 Å². The van der Waals surface area contributed by atoms with E-state index < -0.39 is 18.3 Å². The van der Waals surface area contributed by atoms with Crippen molar-refractivity contribution in [1.82, 2.24) is 0 Å². The number of carbonyl (C=O) groups excluding carboxylic acids is 1. The first-order valence-electron chi connectivity index (χ1n) is 8.44. The molecule has 3 rings (SSSR count). The average molecular weight is 338 g/mol. The minimum atomic E-state index is -0.625. The molecule has 0 atom stereocenters. The van der Waals surface area contributed by atoms with Crippen LogP contribution in [0.2, 0.25) is 0 Å². The van der Waals surface area contributed by atoms with Gasteiger partial charge in [-0.2, -0.15) is 0 Å². The van der Waals surface area contributed by atoms with Gasteiger partial charge in [-0.15, -0.1) is 0 Å². The molecule has 1 N–H and O–H groups in total. The number of hydrogen-bond acceptors (Lipinski definition) is 4. The number of hydrogen-bond donors (Lipinski definition) is 1. The molecule has 0 saturated carbocycles. The second-order valence-electron chi connectivity index (χ2n) is 7.36. The Balaban J connectivity index is 2.05. The Morgan fingerprint density at radius 2 is 1.60 bits per heavy atom. The number of ketones is 1. The minimum absolute atomic E-state index is 0.111. The lowest BCUT2D eigenvalue weighted by Crippen LogP contribution is -2.41. The van der Waals surface area contributed by atoms with Gasteiger partial charge in [-0.05, 0) is 44.8 Å². The summed E-state index contributed by atoms with van der Waals surface area (Å²) in [7, 11) is -0.625. The van der Waals surface area contributed by atoms with Crippen LogP contribution < -0.4 is 5.46 Å². The summed E-state index contributed by atoms with van der Waals surface area (Å²) in [6.45, 7) is 7.79. The molecule has 0 spiro atoms. The van der Waals surface area contributed by atoms with E-state index in [0.717, 1.165) is 0 Å². The van der Waals surface area contributed by atoms with E-state index in [1.165, 1.54) is 0 Å². The lowest BCUT2D eigenvalue weighted by atomic mass is 9.74. The van der Waals surface area contributed by atoms with E-state index in [1.54, 1.807) is 24.3 Å². The largest absolute Gasteiger partial charge is 0.495 e. The van der Waals surface area contributed by atoms with Gasteiger partial charge in [-0.3, -0.25) is 4.79 Å². The molecule has 0 radical (unpaired) electrons. The fourth-order valence-corrected chi connectivity index (χ4v) is 2.82. The zero-order valence-corrected chi connectivity index (χ0v) is 15.1. The molecule has 1 aliphatic heterocycles. The van der Waals surface area contributed by atoms with Gasteiger partial charge in [0.15, 0.2) is 5.78 Å². The third kappa shape index (κ3) is 3.27.